The van der Waals surface area contributed by atoms with E-state index in [1.165, 1.54) is 0 Å². The predicted molar refractivity (Wildman–Crippen MR) is 85.5 cm³/mol. The van der Waals surface area contributed by atoms with Gasteiger partial charge in [0.25, 0.3) is 0 Å². The van der Waals surface area contributed by atoms with Gasteiger partial charge in [0, 0.05) is 12.7 Å². The van der Waals surface area contributed by atoms with Crippen LogP contribution in [0.4, 0.5) is 4.79 Å². The van der Waals surface area contributed by atoms with Crippen molar-refractivity contribution in [1.29, 1.82) is 0 Å². The predicted octanol–water partition coefficient (Wildman–Crippen LogP) is 3.26. The molecule has 1 amide bonds. The second kappa shape index (κ2) is 6.77. The third-order valence-corrected chi connectivity index (χ3v) is 3.11. The maximum atomic E-state index is 11.8. The van der Waals surface area contributed by atoms with Gasteiger partial charge in [0.2, 0.25) is 0 Å². The van der Waals surface area contributed by atoms with Crippen molar-refractivity contribution in [2.45, 2.75) is 59.2 Å². The number of rotatable bonds is 5. The van der Waals surface area contributed by atoms with Crippen LogP contribution >= 0.6 is 0 Å². The van der Waals surface area contributed by atoms with Gasteiger partial charge in [-0.1, -0.05) is 13.3 Å². The minimum Gasteiger partial charge on any atom is -0.444 e. The van der Waals surface area contributed by atoms with Crippen molar-refractivity contribution in [3.8, 4) is 0 Å². The highest BCUT2D eigenvalue weighted by Crippen LogP contribution is 2.15. The molecule has 22 heavy (non-hydrogen) atoms. The Kier molecular flexibility index (Phi) is 5.00. The quantitative estimate of drug-likeness (QED) is 0.920. The monoisotopic (exact) mass is 304 g/mol. The maximum absolute atomic E-state index is 11.8. The maximum Gasteiger partial charge on any atom is 0.408 e. The molecule has 6 heteroatoms. The number of pyridine rings is 1. The molecule has 0 spiro atoms. The van der Waals surface area contributed by atoms with E-state index >= 15 is 0 Å². The molecule has 0 aliphatic carbocycles. The molecule has 6 nitrogen and oxygen atoms in total. The summed E-state index contributed by atoms with van der Waals surface area (Å²) in [5.41, 5.74) is 1.20. The average molecular weight is 304 g/mol. The molecule has 0 saturated carbocycles. The molecular weight excluding hydrogens is 280 g/mol. The Balaban J connectivity index is 2.14. The van der Waals surface area contributed by atoms with E-state index in [1.54, 1.807) is 6.20 Å². The first-order valence-corrected chi connectivity index (χ1v) is 7.67. The van der Waals surface area contributed by atoms with E-state index in [2.05, 4.69) is 26.8 Å². The van der Waals surface area contributed by atoms with Gasteiger partial charge in [-0.2, -0.15) is 0 Å². The number of nitrogens with one attached hydrogen (secondary N) is 1. The van der Waals surface area contributed by atoms with Crippen molar-refractivity contribution in [1.82, 2.24) is 19.9 Å². The third-order valence-electron chi connectivity index (χ3n) is 3.11. The summed E-state index contributed by atoms with van der Waals surface area (Å²) < 4.78 is 7.32. The summed E-state index contributed by atoms with van der Waals surface area (Å²) in [5, 5.41) is 2.76. The molecule has 2 rings (SSSR count). The van der Waals surface area contributed by atoms with Gasteiger partial charge < -0.3 is 14.6 Å². The fraction of sp³-hybridized carbons (Fsp3) is 0.562. The Bertz CT molecular complexity index is 643. The lowest BCUT2D eigenvalue weighted by Gasteiger charge is -2.19. The fourth-order valence-corrected chi connectivity index (χ4v) is 2.16. The number of unbranched alkanes of at least 4 members (excludes halogenated alkanes) is 1. The van der Waals surface area contributed by atoms with Crippen LogP contribution in [-0.2, 0) is 17.8 Å². The zero-order valence-corrected chi connectivity index (χ0v) is 13.7. The molecule has 0 atom stereocenters. The van der Waals surface area contributed by atoms with Gasteiger partial charge in [0.15, 0.2) is 5.65 Å². The van der Waals surface area contributed by atoms with Gasteiger partial charge in [-0.05, 0) is 39.3 Å². The number of ether oxygens (including phenoxy) is 1. The highest BCUT2D eigenvalue weighted by Gasteiger charge is 2.17. The summed E-state index contributed by atoms with van der Waals surface area (Å²) in [7, 11) is 0. The molecular formula is C16H24N4O2. The zero-order chi connectivity index (χ0) is 16.2. The molecule has 0 aliphatic heterocycles. The van der Waals surface area contributed by atoms with Crippen LogP contribution in [0.1, 0.15) is 46.4 Å². The van der Waals surface area contributed by atoms with Crippen LogP contribution in [0.15, 0.2) is 18.3 Å². The highest BCUT2D eigenvalue weighted by atomic mass is 16.6. The van der Waals surface area contributed by atoms with E-state index in [1.807, 2.05) is 32.9 Å². The summed E-state index contributed by atoms with van der Waals surface area (Å²) >= 11 is 0. The third kappa shape index (κ3) is 4.19. The van der Waals surface area contributed by atoms with Gasteiger partial charge in [0.1, 0.15) is 16.9 Å². The van der Waals surface area contributed by atoms with Crippen molar-refractivity contribution in [2.75, 3.05) is 0 Å². The van der Waals surface area contributed by atoms with Crippen LogP contribution < -0.4 is 5.32 Å². The van der Waals surface area contributed by atoms with Crippen LogP contribution in [0.3, 0.4) is 0 Å². The normalized spacial score (nSPS) is 11.6. The Morgan fingerprint density at radius 3 is 2.86 bits per heavy atom. The van der Waals surface area contributed by atoms with E-state index < -0.39 is 11.7 Å². The minimum absolute atomic E-state index is 0.328. The standard InChI is InChI=1S/C16H24N4O2/c1-5-6-10-20-13(11-18-15(21)22-16(2,3)4)19-12-8-7-9-17-14(12)20/h7-9H,5-6,10-11H2,1-4H3,(H,18,21). The molecule has 0 saturated heterocycles. The van der Waals surface area contributed by atoms with E-state index in [0.29, 0.717) is 6.54 Å². The van der Waals surface area contributed by atoms with Crippen molar-refractivity contribution in [2.24, 2.45) is 0 Å². The molecule has 2 aromatic rings. The number of aromatic nitrogens is 3. The van der Waals surface area contributed by atoms with E-state index in [-0.39, 0.29) is 0 Å². The molecule has 0 unspecified atom stereocenters. The lowest BCUT2D eigenvalue weighted by molar-refractivity contribution is 0.0521. The first-order valence-electron chi connectivity index (χ1n) is 7.67. The van der Waals surface area contributed by atoms with Crippen LogP contribution in [0.2, 0.25) is 0 Å². The van der Waals surface area contributed by atoms with Crippen molar-refractivity contribution < 1.29 is 9.53 Å². The number of nitrogens with zero attached hydrogens (tertiary/aromatic N) is 3. The van der Waals surface area contributed by atoms with Gasteiger partial charge in [-0.15, -0.1) is 0 Å². The second-order valence-corrected chi connectivity index (χ2v) is 6.23. The van der Waals surface area contributed by atoms with Crippen molar-refractivity contribution in [3.63, 3.8) is 0 Å². The van der Waals surface area contributed by atoms with Crippen LogP contribution in [0.25, 0.3) is 11.2 Å². The van der Waals surface area contributed by atoms with E-state index in [0.717, 1.165) is 36.4 Å². The summed E-state index contributed by atoms with van der Waals surface area (Å²) in [6.07, 6.45) is 3.46. The van der Waals surface area contributed by atoms with Crippen LogP contribution in [0.5, 0.6) is 0 Å². The van der Waals surface area contributed by atoms with E-state index in [4.69, 9.17) is 4.74 Å². The lowest BCUT2D eigenvalue weighted by Crippen LogP contribution is -2.32. The molecule has 1 N–H and O–H groups in total. The summed E-state index contributed by atoms with van der Waals surface area (Å²) in [6.45, 7) is 8.84. The molecule has 0 bridgehead atoms. The van der Waals surface area contributed by atoms with Gasteiger partial charge >= 0.3 is 6.09 Å². The molecule has 0 aliphatic rings. The Morgan fingerprint density at radius 2 is 2.18 bits per heavy atom. The fourth-order valence-electron chi connectivity index (χ4n) is 2.16. The zero-order valence-electron chi connectivity index (χ0n) is 13.7. The van der Waals surface area contributed by atoms with Crippen LogP contribution in [-0.4, -0.2) is 26.2 Å². The summed E-state index contributed by atoms with van der Waals surface area (Å²) in [6, 6.07) is 3.80. The number of hydrogen-bond acceptors (Lipinski definition) is 4. The average Bonchev–Trinajstić information content (AvgIpc) is 2.79. The smallest absolute Gasteiger partial charge is 0.408 e. The Labute approximate surface area is 130 Å². The largest absolute Gasteiger partial charge is 0.444 e. The highest BCUT2D eigenvalue weighted by molar-refractivity contribution is 5.71. The van der Waals surface area contributed by atoms with Crippen LogP contribution in [0, 0.1) is 0 Å². The lowest BCUT2D eigenvalue weighted by atomic mass is 10.2. The Morgan fingerprint density at radius 1 is 1.41 bits per heavy atom. The molecule has 2 aromatic heterocycles. The number of carbonyl (C=O) groups is 1. The summed E-state index contributed by atoms with van der Waals surface area (Å²) in [4.78, 5) is 20.7. The minimum atomic E-state index is -0.506. The number of aryl methyl sites for hydroxylation is 1. The summed E-state index contributed by atoms with van der Waals surface area (Å²) in [5.74, 6) is 0.799. The first kappa shape index (κ1) is 16.3. The van der Waals surface area contributed by atoms with Gasteiger partial charge in [0.05, 0.1) is 6.54 Å². The number of imidazole rings is 1. The molecule has 2 heterocycles. The molecule has 0 radical (unpaired) electrons. The number of alkyl carbamates (subject to hydrolysis) is 1. The number of carbonyl (C=O) groups excluding carboxylic acids is 1. The topological polar surface area (TPSA) is 69.0 Å². The van der Waals surface area contributed by atoms with Crippen molar-refractivity contribution in [3.05, 3.63) is 24.2 Å². The van der Waals surface area contributed by atoms with Gasteiger partial charge in [-0.25, -0.2) is 14.8 Å². The molecule has 0 aromatic carbocycles. The van der Waals surface area contributed by atoms with E-state index in [9.17, 15) is 4.79 Å². The molecule has 0 fully saturated rings. The number of hydrogen-bond donors (Lipinski definition) is 1. The SMILES string of the molecule is CCCCn1c(CNC(=O)OC(C)(C)C)nc2cccnc21. The van der Waals surface area contributed by atoms with Crippen molar-refractivity contribution >= 4 is 17.3 Å². The second-order valence-electron chi connectivity index (χ2n) is 6.23. The number of fused-ring (bicyclic) bond motifs is 1. The Hall–Kier alpha value is -2.11. The molecule has 120 valence electrons. The number of amides is 1. The van der Waals surface area contributed by atoms with Gasteiger partial charge in [-0.3, -0.25) is 0 Å². The first-order chi connectivity index (χ1) is 10.4.